The molecular weight excluding hydrogens is 286 g/mol. The summed E-state index contributed by atoms with van der Waals surface area (Å²) in [5.74, 6) is -0.192. The van der Waals surface area contributed by atoms with Crippen LogP contribution in [0.3, 0.4) is 0 Å². The minimum Gasteiger partial charge on any atom is -0.367 e. The zero-order valence-corrected chi connectivity index (χ0v) is 12.6. The van der Waals surface area contributed by atoms with Crippen molar-refractivity contribution in [2.45, 2.75) is 19.1 Å². The lowest BCUT2D eigenvalue weighted by Crippen LogP contribution is -2.23. The lowest BCUT2D eigenvalue weighted by molar-refractivity contribution is -0.126. The Balaban J connectivity index is 1.74. The highest BCUT2D eigenvalue weighted by molar-refractivity contribution is 7.15. The van der Waals surface area contributed by atoms with E-state index in [9.17, 15) is 4.79 Å². The number of thiazole rings is 1. The Morgan fingerprint density at radius 1 is 1.43 bits per heavy atom. The van der Waals surface area contributed by atoms with Crippen LogP contribution in [0.25, 0.3) is 0 Å². The second-order valence-electron chi connectivity index (χ2n) is 4.83. The third kappa shape index (κ3) is 3.12. The Hall–Kier alpha value is -1.76. The van der Waals surface area contributed by atoms with Crippen LogP contribution in [-0.2, 0) is 22.5 Å². The highest BCUT2D eigenvalue weighted by Crippen LogP contribution is 2.27. The highest BCUT2D eigenvalue weighted by Gasteiger charge is 2.22. The smallest absolute Gasteiger partial charge is 0.259 e. The summed E-state index contributed by atoms with van der Waals surface area (Å²) in [4.78, 5) is 18.1. The molecule has 0 saturated carbocycles. The molecule has 3 rings (SSSR count). The first-order valence-electron chi connectivity index (χ1n) is 6.86. The lowest BCUT2D eigenvalue weighted by atomic mass is 10.1. The van der Waals surface area contributed by atoms with Gasteiger partial charge in [0.15, 0.2) is 11.2 Å². The first-order chi connectivity index (χ1) is 10.3. The predicted octanol–water partition coefficient (Wildman–Crippen LogP) is 2.11. The maximum absolute atomic E-state index is 12.4. The normalized spacial score (nSPS) is 15.3. The molecule has 0 bridgehead atoms. The fourth-order valence-electron chi connectivity index (χ4n) is 2.37. The summed E-state index contributed by atoms with van der Waals surface area (Å²) in [6.07, 6.45) is 0.291. The standard InChI is InChI=1S/C15H17N3O2S/c1-20-13(10-5-3-2-4-6-10)14(19)18-15-17-11-7-8-16-9-12(11)21-15/h2-6,13,16H,7-9H2,1H3,(H,17,18,19). The molecule has 2 heterocycles. The van der Waals surface area contributed by atoms with Crippen molar-refractivity contribution in [1.29, 1.82) is 0 Å². The van der Waals surface area contributed by atoms with Gasteiger partial charge in [-0.2, -0.15) is 0 Å². The number of methoxy groups -OCH3 is 1. The molecular formula is C15H17N3O2S. The number of nitrogens with one attached hydrogen (secondary N) is 2. The number of rotatable bonds is 4. The van der Waals surface area contributed by atoms with Crippen molar-refractivity contribution in [3.05, 3.63) is 46.5 Å². The second-order valence-corrected chi connectivity index (χ2v) is 5.91. The van der Waals surface area contributed by atoms with E-state index in [2.05, 4.69) is 15.6 Å². The van der Waals surface area contributed by atoms with Gasteiger partial charge in [0.05, 0.1) is 5.69 Å². The number of anilines is 1. The SMILES string of the molecule is COC(C(=O)Nc1nc2c(s1)CNCC2)c1ccccc1. The van der Waals surface area contributed by atoms with Gasteiger partial charge in [-0.1, -0.05) is 30.3 Å². The number of amides is 1. The summed E-state index contributed by atoms with van der Waals surface area (Å²) in [7, 11) is 1.54. The Kier molecular flexibility index (Phi) is 4.28. The van der Waals surface area contributed by atoms with Gasteiger partial charge in [0.2, 0.25) is 0 Å². The van der Waals surface area contributed by atoms with Crippen molar-refractivity contribution in [1.82, 2.24) is 10.3 Å². The first-order valence-corrected chi connectivity index (χ1v) is 7.67. The van der Waals surface area contributed by atoms with Crippen LogP contribution in [0, 0.1) is 0 Å². The highest BCUT2D eigenvalue weighted by atomic mass is 32.1. The van der Waals surface area contributed by atoms with E-state index >= 15 is 0 Å². The van der Waals surface area contributed by atoms with Crippen LogP contribution in [0.1, 0.15) is 22.2 Å². The van der Waals surface area contributed by atoms with Crippen LogP contribution in [0.15, 0.2) is 30.3 Å². The zero-order chi connectivity index (χ0) is 14.7. The number of nitrogens with zero attached hydrogens (tertiary/aromatic N) is 1. The van der Waals surface area contributed by atoms with Gasteiger partial charge in [-0.15, -0.1) is 11.3 Å². The molecule has 1 aliphatic heterocycles. The minimum atomic E-state index is -0.620. The molecule has 1 aromatic carbocycles. The molecule has 6 heteroatoms. The molecule has 1 aliphatic rings. The molecule has 21 heavy (non-hydrogen) atoms. The largest absolute Gasteiger partial charge is 0.367 e. The van der Waals surface area contributed by atoms with E-state index < -0.39 is 6.10 Å². The molecule has 0 aliphatic carbocycles. The van der Waals surface area contributed by atoms with Crippen molar-refractivity contribution in [2.24, 2.45) is 0 Å². The van der Waals surface area contributed by atoms with Crippen molar-refractivity contribution in [3.8, 4) is 0 Å². The van der Waals surface area contributed by atoms with E-state index in [0.29, 0.717) is 5.13 Å². The summed E-state index contributed by atoms with van der Waals surface area (Å²) >= 11 is 1.53. The van der Waals surface area contributed by atoms with Gasteiger partial charge in [-0.25, -0.2) is 4.98 Å². The Labute approximate surface area is 127 Å². The number of aromatic nitrogens is 1. The molecule has 0 radical (unpaired) electrons. The first kappa shape index (κ1) is 14.2. The molecule has 1 unspecified atom stereocenters. The summed E-state index contributed by atoms with van der Waals surface area (Å²) in [6, 6.07) is 9.45. The van der Waals surface area contributed by atoms with Crippen molar-refractivity contribution >= 4 is 22.4 Å². The van der Waals surface area contributed by atoms with Gasteiger partial charge < -0.3 is 10.1 Å². The Morgan fingerprint density at radius 3 is 2.95 bits per heavy atom. The Morgan fingerprint density at radius 2 is 2.24 bits per heavy atom. The maximum atomic E-state index is 12.4. The summed E-state index contributed by atoms with van der Waals surface area (Å²) in [5.41, 5.74) is 1.92. The fraction of sp³-hybridized carbons (Fsp3) is 0.333. The van der Waals surface area contributed by atoms with Gasteiger partial charge in [0, 0.05) is 31.5 Å². The van der Waals surface area contributed by atoms with E-state index in [1.54, 1.807) is 0 Å². The number of carbonyl (C=O) groups excluding carboxylic acids is 1. The van der Waals surface area contributed by atoms with Crippen molar-refractivity contribution < 1.29 is 9.53 Å². The van der Waals surface area contributed by atoms with E-state index in [1.165, 1.54) is 23.3 Å². The third-order valence-electron chi connectivity index (χ3n) is 3.41. The summed E-state index contributed by atoms with van der Waals surface area (Å²) in [6.45, 7) is 1.77. The Bertz CT molecular complexity index is 604. The topological polar surface area (TPSA) is 63.2 Å². The molecule has 0 spiro atoms. The fourth-order valence-corrected chi connectivity index (χ4v) is 3.35. The minimum absolute atomic E-state index is 0.192. The average molecular weight is 303 g/mol. The van der Waals surface area contributed by atoms with E-state index in [0.717, 1.165) is 30.8 Å². The van der Waals surface area contributed by atoms with Gasteiger partial charge in [0.25, 0.3) is 5.91 Å². The predicted molar refractivity (Wildman–Crippen MR) is 82.3 cm³/mol. The van der Waals surface area contributed by atoms with Crippen LogP contribution < -0.4 is 10.6 Å². The van der Waals surface area contributed by atoms with E-state index in [1.807, 2.05) is 30.3 Å². The van der Waals surface area contributed by atoms with Gasteiger partial charge in [-0.3, -0.25) is 10.1 Å². The zero-order valence-electron chi connectivity index (χ0n) is 11.8. The summed E-state index contributed by atoms with van der Waals surface area (Å²) < 4.78 is 5.32. The van der Waals surface area contributed by atoms with Crippen LogP contribution in [0.2, 0.25) is 0 Å². The molecule has 0 fully saturated rings. The molecule has 2 aromatic rings. The van der Waals surface area contributed by atoms with Crippen molar-refractivity contribution in [2.75, 3.05) is 19.0 Å². The molecule has 1 amide bonds. The monoisotopic (exact) mass is 303 g/mol. The number of carbonyl (C=O) groups is 1. The molecule has 1 aromatic heterocycles. The van der Waals surface area contributed by atoms with Gasteiger partial charge in [0.1, 0.15) is 0 Å². The van der Waals surface area contributed by atoms with Crippen LogP contribution >= 0.6 is 11.3 Å². The second kappa shape index (κ2) is 6.34. The molecule has 5 nitrogen and oxygen atoms in total. The summed E-state index contributed by atoms with van der Waals surface area (Å²) in [5, 5.41) is 6.81. The number of hydrogen-bond donors (Lipinski definition) is 2. The number of ether oxygens (including phenoxy) is 1. The van der Waals surface area contributed by atoms with E-state index in [4.69, 9.17) is 4.74 Å². The molecule has 1 atom stereocenters. The average Bonchev–Trinajstić information content (AvgIpc) is 2.91. The van der Waals surface area contributed by atoms with Crippen molar-refractivity contribution in [3.63, 3.8) is 0 Å². The van der Waals surface area contributed by atoms with Gasteiger partial charge in [-0.05, 0) is 5.56 Å². The molecule has 2 N–H and O–H groups in total. The number of benzene rings is 1. The molecule has 110 valence electrons. The van der Waals surface area contributed by atoms with Crippen LogP contribution in [0.5, 0.6) is 0 Å². The number of fused-ring (bicyclic) bond motifs is 1. The quantitative estimate of drug-likeness (QED) is 0.908. The number of hydrogen-bond acceptors (Lipinski definition) is 5. The lowest BCUT2D eigenvalue weighted by Gasteiger charge is -2.14. The third-order valence-corrected chi connectivity index (χ3v) is 4.42. The van der Waals surface area contributed by atoms with Crippen LogP contribution in [-0.4, -0.2) is 24.5 Å². The van der Waals surface area contributed by atoms with E-state index in [-0.39, 0.29) is 5.91 Å². The van der Waals surface area contributed by atoms with Crippen LogP contribution in [0.4, 0.5) is 5.13 Å². The molecule has 0 saturated heterocycles. The van der Waals surface area contributed by atoms with Gasteiger partial charge >= 0.3 is 0 Å². The maximum Gasteiger partial charge on any atom is 0.259 e.